The van der Waals surface area contributed by atoms with Gasteiger partial charge in [-0.2, -0.15) is 0 Å². The molecule has 0 aliphatic heterocycles. The summed E-state index contributed by atoms with van der Waals surface area (Å²) in [6, 6.07) is 60.6. The molecule has 0 amide bonds. The van der Waals surface area contributed by atoms with E-state index in [9.17, 15) is 0 Å². The summed E-state index contributed by atoms with van der Waals surface area (Å²) in [5.41, 5.74) is 12.0. The van der Waals surface area contributed by atoms with Crippen LogP contribution in [0.4, 0.5) is 17.1 Å². The van der Waals surface area contributed by atoms with Crippen LogP contribution in [0.5, 0.6) is 0 Å². The SMILES string of the molecule is c1ccc(-c2nc3ccc(-c4ccc(N(c5ccc(-c6cc7ccccc7o6)cc5)c5ccc(-c6nc7ccccc7o6)cc5)cc4)cc3s2)cc1. The lowest BCUT2D eigenvalue weighted by Gasteiger charge is -2.26. The van der Waals surface area contributed by atoms with Crippen molar-refractivity contribution in [2.45, 2.75) is 0 Å². The Labute approximate surface area is 303 Å². The van der Waals surface area contributed by atoms with Gasteiger partial charge in [-0.1, -0.05) is 78.9 Å². The first-order chi connectivity index (χ1) is 25.7. The van der Waals surface area contributed by atoms with Crippen LogP contribution < -0.4 is 4.90 Å². The van der Waals surface area contributed by atoms with Crippen molar-refractivity contribution < 1.29 is 8.83 Å². The highest BCUT2D eigenvalue weighted by Crippen LogP contribution is 2.39. The van der Waals surface area contributed by atoms with Crippen molar-refractivity contribution in [3.05, 3.63) is 176 Å². The topological polar surface area (TPSA) is 55.3 Å². The van der Waals surface area contributed by atoms with Gasteiger partial charge in [-0.05, 0) is 108 Å². The van der Waals surface area contributed by atoms with E-state index in [2.05, 4.69) is 132 Å². The first kappa shape index (κ1) is 30.1. The Kier molecular flexibility index (Phi) is 7.25. The van der Waals surface area contributed by atoms with Crippen LogP contribution in [0.15, 0.2) is 185 Å². The molecular formula is C46H29N3O2S. The molecule has 0 radical (unpaired) electrons. The normalized spacial score (nSPS) is 11.5. The number of nitrogens with zero attached hydrogens (tertiary/aromatic N) is 3. The van der Waals surface area contributed by atoms with Gasteiger partial charge >= 0.3 is 0 Å². The van der Waals surface area contributed by atoms with Crippen molar-refractivity contribution in [2.24, 2.45) is 0 Å². The molecule has 5 nitrogen and oxygen atoms in total. The lowest BCUT2D eigenvalue weighted by molar-refractivity contribution is 0.620. The Morgan fingerprint density at radius 3 is 1.75 bits per heavy atom. The van der Waals surface area contributed by atoms with Gasteiger partial charge in [0.25, 0.3) is 0 Å². The summed E-state index contributed by atoms with van der Waals surface area (Å²) in [5, 5.41) is 2.13. The number of furan rings is 1. The van der Waals surface area contributed by atoms with Crippen LogP contribution in [-0.2, 0) is 0 Å². The highest BCUT2D eigenvalue weighted by atomic mass is 32.1. The van der Waals surface area contributed by atoms with E-state index in [1.165, 1.54) is 4.70 Å². The lowest BCUT2D eigenvalue weighted by Crippen LogP contribution is -2.09. The summed E-state index contributed by atoms with van der Waals surface area (Å²) in [5.74, 6) is 1.45. The number of thiazole rings is 1. The van der Waals surface area contributed by atoms with Gasteiger partial charge in [-0.15, -0.1) is 11.3 Å². The summed E-state index contributed by atoms with van der Waals surface area (Å²) >= 11 is 1.73. The number of aromatic nitrogens is 2. The summed E-state index contributed by atoms with van der Waals surface area (Å²) in [6.45, 7) is 0. The fraction of sp³-hybridized carbons (Fsp3) is 0. The summed E-state index contributed by atoms with van der Waals surface area (Å²) < 4.78 is 13.4. The average molecular weight is 688 g/mol. The van der Waals surface area contributed by atoms with E-state index in [1.807, 2.05) is 48.5 Å². The second-order valence-corrected chi connectivity index (χ2v) is 13.7. The number of hydrogen-bond donors (Lipinski definition) is 0. The molecule has 0 saturated heterocycles. The van der Waals surface area contributed by atoms with Gasteiger partial charge in [-0.3, -0.25) is 0 Å². The molecule has 3 aromatic heterocycles. The molecule has 0 aliphatic carbocycles. The average Bonchev–Trinajstić information content (AvgIpc) is 3.96. The smallest absolute Gasteiger partial charge is 0.227 e. The van der Waals surface area contributed by atoms with Gasteiger partial charge in [0.2, 0.25) is 5.89 Å². The first-order valence-electron chi connectivity index (χ1n) is 17.1. The van der Waals surface area contributed by atoms with Gasteiger partial charge in [0, 0.05) is 39.1 Å². The zero-order chi connectivity index (χ0) is 34.4. The Bertz CT molecular complexity index is 2650. The van der Waals surface area contributed by atoms with Crippen molar-refractivity contribution >= 4 is 60.7 Å². The van der Waals surface area contributed by atoms with Crippen LogP contribution in [0.1, 0.15) is 0 Å². The van der Waals surface area contributed by atoms with Gasteiger partial charge in [-0.25, -0.2) is 9.97 Å². The standard InChI is InChI=1S/C46H29N3O2S/c1-2-8-33(9-3-1)46-48-40-27-20-34(29-44(40)52-46)30-14-21-36(22-15-30)49(37-23-16-31(17-24-37)43-28-35-10-4-6-12-41(35)50-43)38-25-18-32(19-26-38)45-47-39-11-5-7-13-42(39)51-45/h1-29H. The molecule has 246 valence electrons. The number of oxazole rings is 1. The van der Waals surface area contributed by atoms with E-state index in [0.29, 0.717) is 5.89 Å². The van der Waals surface area contributed by atoms with Crippen LogP contribution in [0.25, 0.3) is 76.8 Å². The number of hydrogen-bond acceptors (Lipinski definition) is 6. The molecule has 10 rings (SSSR count). The number of anilines is 3. The molecule has 0 N–H and O–H groups in total. The monoisotopic (exact) mass is 687 g/mol. The number of rotatable bonds is 7. The Balaban J connectivity index is 1.00. The number of benzene rings is 7. The third-order valence-corrected chi connectivity index (χ3v) is 10.4. The third-order valence-electron chi connectivity index (χ3n) is 9.37. The van der Waals surface area contributed by atoms with E-state index < -0.39 is 0 Å². The second kappa shape index (κ2) is 12.5. The van der Waals surface area contributed by atoms with Crippen molar-refractivity contribution in [3.8, 4) is 44.5 Å². The highest BCUT2D eigenvalue weighted by molar-refractivity contribution is 7.21. The molecule has 6 heteroatoms. The quantitative estimate of drug-likeness (QED) is 0.167. The van der Waals surface area contributed by atoms with Crippen molar-refractivity contribution in [1.82, 2.24) is 9.97 Å². The highest BCUT2D eigenvalue weighted by Gasteiger charge is 2.16. The maximum absolute atomic E-state index is 6.17. The van der Waals surface area contributed by atoms with Crippen LogP contribution in [0, 0.1) is 0 Å². The number of para-hydroxylation sites is 3. The molecule has 52 heavy (non-hydrogen) atoms. The van der Waals surface area contributed by atoms with Crippen LogP contribution in [0.3, 0.4) is 0 Å². The number of fused-ring (bicyclic) bond motifs is 3. The molecule has 7 aromatic carbocycles. The van der Waals surface area contributed by atoms with E-state index in [-0.39, 0.29) is 0 Å². The molecular weight excluding hydrogens is 659 g/mol. The van der Waals surface area contributed by atoms with Gasteiger partial charge in [0.1, 0.15) is 21.9 Å². The van der Waals surface area contributed by atoms with Crippen LogP contribution in [-0.4, -0.2) is 9.97 Å². The first-order valence-corrected chi connectivity index (χ1v) is 18.0. The van der Waals surface area contributed by atoms with E-state index in [0.717, 1.165) is 83.2 Å². The third kappa shape index (κ3) is 5.52. The molecule has 0 spiro atoms. The summed E-state index contributed by atoms with van der Waals surface area (Å²) in [4.78, 5) is 11.9. The Morgan fingerprint density at radius 1 is 0.423 bits per heavy atom. The Morgan fingerprint density at radius 2 is 1.04 bits per heavy atom. The molecule has 0 saturated carbocycles. The summed E-state index contributed by atoms with van der Waals surface area (Å²) in [6.07, 6.45) is 0. The minimum Gasteiger partial charge on any atom is -0.456 e. The molecule has 0 aliphatic rings. The molecule has 0 bridgehead atoms. The van der Waals surface area contributed by atoms with Gasteiger partial charge in [0.05, 0.1) is 10.2 Å². The van der Waals surface area contributed by atoms with Crippen molar-refractivity contribution in [2.75, 3.05) is 4.90 Å². The van der Waals surface area contributed by atoms with E-state index >= 15 is 0 Å². The maximum atomic E-state index is 6.17. The fourth-order valence-electron chi connectivity index (χ4n) is 6.71. The molecule has 0 fully saturated rings. The van der Waals surface area contributed by atoms with E-state index in [1.54, 1.807) is 11.3 Å². The minimum absolute atomic E-state index is 0.604. The van der Waals surface area contributed by atoms with Gasteiger partial charge < -0.3 is 13.7 Å². The largest absolute Gasteiger partial charge is 0.456 e. The van der Waals surface area contributed by atoms with Gasteiger partial charge in [0.15, 0.2) is 5.58 Å². The lowest BCUT2D eigenvalue weighted by atomic mass is 10.0. The molecule has 10 aromatic rings. The van der Waals surface area contributed by atoms with Crippen molar-refractivity contribution in [3.63, 3.8) is 0 Å². The van der Waals surface area contributed by atoms with Crippen LogP contribution >= 0.6 is 11.3 Å². The second-order valence-electron chi connectivity index (χ2n) is 12.7. The van der Waals surface area contributed by atoms with E-state index in [4.69, 9.17) is 18.8 Å². The van der Waals surface area contributed by atoms with Crippen molar-refractivity contribution in [1.29, 1.82) is 0 Å². The predicted octanol–water partition coefficient (Wildman–Crippen LogP) is 13.3. The molecule has 0 atom stereocenters. The summed E-state index contributed by atoms with van der Waals surface area (Å²) in [7, 11) is 0. The predicted molar refractivity (Wildman–Crippen MR) is 213 cm³/mol. The molecule has 0 unspecified atom stereocenters. The Hall–Kier alpha value is -6.76. The van der Waals surface area contributed by atoms with Crippen LogP contribution in [0.2, 0.25) is 0 Å². The zero-order valence-corrected chi connectivity index (χ0v) is 28.6. The minimum atomic E-state index is 0.604. The maximum Gasteiger partial charge on any atom is 0.227 e. The zero-order valence-electron chi connectivity index (χ0n) is 27.8. The molecule has 3 heterocycles. The fourth-order valence-corrected chi connectivity index (χ4v) is 7.72.